The van der Waals surface area contributed by atoms with Gasteiger partial charge in [0.2, 0.25) is 0 Å². The summed E-state index contributed by atoms with van der Waals surface area (Å²) in [5, 5.41) is 19.1. The van der Waals surface area contributed by atoms with Crippen LogP contribution in [0.15, 0.2) is 0 Å². The van der Waals surface area contributed by atoms with Gasteiger partial charge in [0.05, 0.1) is 12.2 Å². The van der Waals surface area contributed by atoms with Gasteiger partial charge in [0.25, 0.3) is 0 Å². The van der Waals surface area contributed by atoms with Crippen LogP contribution >= 0.6 is 0 Å². The Bertz CT molecular complexity index is 125. The number of hydrogen-bond acceptors (Lipinski definition) is 2. The van der Waals surface area contributed by atoms with Crippen LogP contribution in [-0.2, 0) is 0 Å². The van der Waals surface area contributed by atoms with Crippen molar-refractivity contribution in [3.8, 4) is 0 Å². The standard InChI is InChI=1S/C12H26O2/c1-4-7-8-10(5-2)9-12(14)11(13)6-3/h10-14H,4-9H2,1-3H3. The molecule has 0 spiro atoms. The van der Waals surface area contributed by atoms with E-state index in [0.717, 1.165) is 12.8 Å². The van der Waals surface area contributed by atoms with Crippen molar-refractivity contribution in [1.29, 1.82) is 0 Å². The van der Waals surface area contributed by atoms with Crippen LogP contribution in [0.25, 0.3) is 0 Å². The van der Waals surface area contributed by atoms with Crippen molar-refractivity contribution in [2.75, 3.05) is 0 Å². The maximum atomic E-state index is 9.67. The molecular weight excluding hydrogens is 176 g/mol. The molecule has 2 heteroatoms. The predicted molar refractivity (Wildman–Crippen MR) is 60.2 cm³/mol. The van der Waals surface area contributed by atoms with E-state index in [2.05, 4.69) is 13.8 Å². The molecule has 0 saturated heterocycles. The van der Waals surface area contributed by atoms with E-state index in [1.807, 2.05) is 6.92 Å². The minimum Gasteiger partial charge on any atom is -0.390 e. The molecule has 0 bridgehead atoms. The highest BCUT2D eigenvalue weighted by atomic mass is 16.3. The normalized spacial score (nSPS) is 17.8. The third kappa shape index (κ3) is 5.61. The van der Waals surface area contributed by atoms with Crippen LogP contribution in [0.5, 0.6) is 0 Å². The molecule has 0 rings (SSSR count). The van der Waals surface area contributed by atoms with Crippen LogP contribution in [-0.4, -0.2) is 22.4 Å². The van der Waals surface area contributed by atoms with Crippen LogP contribution in [0.1, 0.15) is 59.3 Å². The van der Waals surface area contributed by atoms with Gasteiger partial charge in [0.1, 0.15) is 0 Å². The summed E-state index contributed by atoms with van der Waals surface area (Å²) in [6, 6.07) is 0. The quantitative estimate of drug-likeness (QED) is 0.635. The third-order valence-electron chi connectivity index (χ3n) is 2.98. The van der Waals surface area contributed by atoms with E-state index in [1.54, 1.807) is 0 Å². The van der Waals surface area contributed by atoms with Crippen LogP contribution in [0, 0.1) is 5.92 Å². The number of hydrogen-bond donors (Lipinski definition) is 2. The first-order chi connectivity index (χ1) is 6.65. The second kappa shape index (κ2) is 8.25. The van der Waals surface area contributed by atoms with Crippen molar-refractivity contribution >= 4 is 0 Å². The average Bonchev–Trinajstić information content (AvgIpc) is 2.22. The Balaban J connectivity index is 3.79. The maximum absolute atomic E-state index is 9.67. The van der Waals surface area contributed by atoms with Crippen LogP contribution in [0.4, 0.5) is 0 Å². The molecule has 14 heavy (non-hydrogen) atoms. The van der Waals surface area contributed by atoms with Gasteiger partial charge in [-0.2, -0.15) is 0 Å². The Labute approximate surface area is 88.3 Å². The van der Waals surface area contributed by atoms with E-state index < -0.39 is 12.2 Å². The summed E-state index contributed by atoms with van der Waals surface area (Å²) in [6.07, 6.45) is 5.06. The second-order valence-electron chi connectivity index (χ2n) is 4.20. The molecular formula is C12H26O2. The van der Waals surface area contributed by atoms with E-state index in [0.29, 0.717) is 12.3 Å². The molecule has 2 N–H and O–H groups in total. The Hall–Kier alpha value is -0.0800. The van der Waals surface area contributed by atoms with Gasteiger partial charge in [-0.1, -0.05) is 46.5 Å². The lowest BCUT2D eigenvalue weighted by Crippen LogP contribution is -2.27. The first-order valence-corrected chi connectivity index (χ1v) is 6.01. The molecule has 0 aromatic heterocycles. The van der Waals surface area contributed by atoms with Crippen molar-refractivity contribution in [3.05, 3.63) is 0 Å². The second-order valence-corrected chi connectivity index (χ2v) is 4.20. The molecule has 3 unspecified atom stereocenters. The summed E-state index contributed by atoms with van der Waals surface area (Å²) in [4.78, 5) is 0. The van der Waals surface area contributed by atoms with E-state index >= 15 is 0 Å². The number of unbranched alkanes of at least 4 members (excludes halogenated alkanes) is 1. The largest absolute Gasteiger partial charge is 0.390 e. The maximum Gasteiger partial charge on any atom is 0.0801 e. The highest BCUT2D eigenvalue weighted by molar-refractivity contribution is 4.70. The molecule has 0 aliphatic rings. The molecule has 0 aliphatic carbocycles. The fraction of sp³-hybridized carbons (Fsp3) is 1.00. The van der Waals surface area contributed by atoms with Gasteiger partial charge in [-0.05, 0) is 18.8 Å². The summed E-state index contributed by atoms with van der Waals surface area (Å²) < 4.78 is 0. The molecule has 2 nitrogen and oxygen atoms in total. The van der Waals surface area contributed by atoms with Crippen molar-refractivity contribution in [3.63, 3.8) is 0 Å². The molecule has 0 fully saturated rings. The number of aliphatic hydroxyl groups excluding tert-OH is 2. The smallest absolute Gasteiger partial charge is 0.0801 e. The molecule has 0 radical (unpaired) electrons. The van der Waals surface area contributed by atoms with Gasteiger partial charge < -0.3 is 10.2 Å². The van der Waals surface area contributed by atoms with E-state index in [1.165, 1.54) is 19.3 Å². The van der Waals surface area contributed by atoms with Gasteiger partial charge in [0.15, 0.2) is 0 Å². The molecule has 0 aromatic rings. The first kappa shape index (κ1) is 13.9. The van der Waals surface area contributed by atoms with E-state index in [4.69, 9.17) is 0 Å². The summed E-state index contributed by atoms with van der Waals surface area (Å²) in [5.41, 5.74) is 0. The Morgan fingerprint density at radius 1 is 0.929 bits per heavy atom. The van der Waals surface area contributed by atoms with E-state index in [9.17, 15) is 10.2 Å². The molecule has 0 heterocycles. The molecule has 0 amide bonds. The lowest BCUT2D eigenvalue weighted by molar-refractivity contribution is 0.00201. The topological polar surface area (TPSA) is 40.5 Å². The minimum absolute atomic E-state index is 0.526. The molecule has 86 valence electrons. The Morgan fingerprint density at radius 3 is 2.00 bits per heavy atom. The predicted octanol–water partition coefficient (Wildman–Crippen LogP) is 2.72. The average molecular weight is 202 g/mol. The fourth-order valence-corrected chi connectivity index (χ4v) is 1.75. The van der Waals surface area contributed by atoms with Crippen LogP contribution in [0.2, 0.25) is 0 Å². The lowest BCUT2D eigenvalue weighted by Gasteiger charge is -2.21. The number of rotatable bonds is 8. The fourth-order valence-electron chi connectivity index (χ4n) is 1.75. The zero-order valence-electron chi connectivity index (χ0n) is 9.87. The van der Waals surface area contributed by atoms with E-state index in [-0.39, 0.29) is 0 Å². The zero-order valence-corrected chi connectivity index (χ0v) is 9.87. The van der Waals surface area contributed by atoms with Gasteiger partial charge in [-0.3, -0.25) is 0 Å². The minimum atomic E-state index is -0.536. The molecule has 0 aromatic carbocycles. The first-order valence-electron chi connectivity index (χ1n) is 6.01. The molecule has 0 saturated carbocycles. The number of aliphatic hydroxyl groups is 2. The summed E-state index contributed by atoms with van der Waals surface area (Å²) in [7, 11) is 0. The SMILES string of the molecule is CCCCC(CC)CC(O)C(O)CC. The van der Waals surface area contributed by atoms with Crippen LogP contribution in [0.3, 0.4) is 0 Å². The zero-order chi connectivity index (χ0) is 11.0. The summed E-state index contributed by atoms with van der Waals surface area (Å²) in [5.74, 6) is 0.575. The monoisotopic (exact) mass is 202 g/mol. The van der Waals surface area contributed by atoms with Crippen molar-refractivity contribution < 1.29 is 10.2 Å². The Kier molecular flexibility index (Phi) is 8.20. The molecule has 0 aliphatic heterocycles. The molecule has 3 atom stereocenters. The highest BCUT2D eigenvalue weighted by Gasteiger charge is 2.18. The van der Waals surface area contributed by atoms with Crippen LogP contribution < -0.4 is 0 Å². The Morgan fingerprint density at radius 2 is 1.57 bits per heavy atom. The van der Waals surface area contributed by atoms with Gasteiger partial charge in [-0.15, -0.1) is 0 Å². The van der Waals surface area contributed by atoms with Crippen molar-refractivity contribution in [1.82, 2.24) is 0 Å². The van der Waals surface area contributed by atoms with Gasteiger partial charge >= 0.3 is 0 Å². The lowest BCUT2D eigenvalue weighted by atomic mass is 9.91. The third-order valence-corrected chi connectivity index (χ3v) is 2.98. The van der Waals surface area contributed by atoms with Gasteiger partial charge in [-0.25, -0.2) is 0 Å². The van der Waals surface area contributed by atoms with Gasteiger partial charge in [0, 0.05) is 0 Å². The summed E-state index contributed by atoms with van der Waals surface area (Å²) in [6.45, 7) is 6.25. The summed E-state index contributed by atoms with van der Waals surface area (Å²) >= 11 is 0. The highest BCUT2D eigenvalue weighted by Crippen LogP contribution is 2.20. The van der Waals surface area contributed by atoms with Crippen molar-refractivity contribution in [2.45, 2.75) is 71.5 Å². The van der Waals surface area contributed by atoms with Crippen molar-refractivity contribution in [2.24, 2.45) is 5.92 Å².